The minimum absolute atomic E-state index is 0.00304. The first kappa shape index (κ1) is 61.1. The van der Waals surface area contributed by atoms with Crippen LogP contribution in [0.2, 0.25) is 0 Å². The van der Waals surface area contributed by atoms with Gasteiger partial charge in [-0.2, -0.15) is 0 Å². The molecule has 0 aromatic rings. The Morgan fingerprint density at radius 3 is 1.16 bits per heavy atom. The average molecular weight is 886 g/mol. The fraction of sp³-hybridized carbons (Fsp3) is 0.860. The van der Waals surface area contributed by atoms with Gasteiger partial charge in [-0.05, 0) is 83.5 Å². The maximum absolute atomic E-state index is 12.4. The Bertz CT molecular complexity index is 1020. The molecule has 0 rings (SSSR count). The molecule has 0 saturated carbocycles. The van der Waals surface area contributed by atoms with Crippen LogP contribution >= 0.6 is 0 Å². The first-order valence-corrected chi connectivity index (χ1v) is 27.8. The van der Waals surface area contributed by atoms with Gasteiger partial charge in [0, 0.05) is 12.8 Å². The van der Waals surface area contributed by atoms with Crippen LogP contribution in [0.15, 0.2) is 36.5 Å². The number of allylic oxidation sites excluding steroid dienone is 5. The Labute approximate surface area is 392 Å². The predicted molar refractivity (Wildman–Crippen MR) is 273 cm³/mol. The Morgan fingerprint density at radius 2 is 0.746 bits per heavy atom. The van der Waals surface area contributed by atoms with Crippen molar-refractivity contribution in [2.24, 2.45) is 0 Å². The van der Waals surface area contributed by atoms with Gasteiger partial charge in [0.25, 0.3) is 0 Å². The molecule has 6 heteroatoms. The first-order chi connectivity index (χ1) is 31.0. The number of carbonyl (C=O) groups excluding carboxylic acids is 2. The summed E-state index contributed by atoms with van der Waals surface area (Å²) in [6.07, 6.45) is 64.4. The van der Waals surface area contributed by atoms with E-state index < -0.39 is 12.1 Å². The summed E-state index contributed by atoms with van der Waals surface area (Å²) in [6, 6.07) is -0.633. The molecule has 0 saturated heterocycles. The van der Waals surface area contributed by atoms with Gasteiger partial charge in [-0.3, -0.25) is 9.59 Å². The minimum atomic E-state index is -0.848. The molecule has 2 unspecified atom stereocenters. The van der Waals surface area contributed by atoms with E-state index in [2.05, 4.69) is 43.5 Å². The second kappa shape index (κ2) is 52.7. The van der Waals surface area contributed by atoms with Gasteiger partial charge in [0.05, 0.1) is 25.4 Å². The van der Waals surface area contributed by atoms with Crippen molar-refractivity contribution >= 4 is 11.9 Å². The van der Waals surface area contributed by atoms with E-state index in [4.69, 9.17) is 4.74 Å². The molecule has 0 aromatic heterocycles. The highest BCUT2D eigenvalue weighted by atomic mass is 16.5. The molecule has 0 radical (unpaired) electrons. The predicted octanol–water partition coefficient (Wildman–Crippen LogP) is 16.9. The van der Waals surface area contributed by atoms with Crippen LogP contribution in [0.3, 0.4) is 0 Å². The molecule has 0 aromatic carbocycles. The lowest BCUT2D eigenvalue weighted by atomic mass is 10.0. The van der Waals surface area contributed by atoms with Crippen LogP contribution in [0.5, 0.6) is 0 Å². The highest BCUT2D eigenvalue weighted by Gasteiger charge is 2.18. The van der Waals surface area contributed by atoms with Crippen molar-refractivity contribution in [3.8, 4) is 0 Å². The number of hydrogen-bond donors (Lipinski definition) is 3. The highest BCUT2D eigenvalue weighted by Crippen LogP contribution is 2.15. The van der Waals surface area contributed by atoms with Crippen molar-refractivity contribution in [1.29, 1.82) is 0 Å². The molecule has 0 aliphatic heterocycles. The van der Waals surface area contributed by atoms with Gasteiger partial charge in [0.2, 0.25) is 5.91 Å². The van der Waals surface area contributed by atoms with E-state index in [1.54, 1.807) is 6.08 Å². The molecule has 370 valence electrons. The Balaban J connectivity index is 3.46. The smallest absolute Gasteiger partial charge is 0.305 e. The summed E-state index contributed by atoms with van der Waals surface area (Å²) in [7, 11) is 0. The summed E-state index contributed by atoms with van der Waals surface area (Å²) in [5.74, 6) is -0.0795. The van der Waals surface area contributed by atoms with Gasteiger partial charge in [-0.1, -0.05) is 230 Å². The van der Waals surface area contributed by atoms with Crippen LogP contribution in [-0.4, -0.2) is 47.4 Å². The second-order valence-corrected chi connectivity index (χ2v) is 18.9. The molecular formula is C57H107NO5. The number of aliphatic hydroxyl groups is 2. The molecule has 0 aliphatic carbocycles. The van der Waals surface area contributed by atoms with Crippen LogP contribution in [0.4, 0.5) is 0 Å². The highest BCUT2D eigenvalue weighted by molar-refractivity contribution is 5.76. The van der Waals surface area contributed by atoms with Crippen LogP contribution in [-0.2, 0) is 14.3 Å². The summed E-state index contributed by atoms with van der Waals surface area (Å²) in [4.78, 5) is 24.4. The normalized spacial score (nSPS) is 12.9. The van der Waals surface area contributed by atoms with Crippen molar-refractivity contribution in [3.63, 3.8) is 0 Å². The summed E-state index contributed by atoms with van der Waals surface area (Å²) < 4.78 is 5.45. The Morgan fingerprint density at radius 1 is 0.429 bits per heavy atom. The maximum Gasteiger partial charge on any atom is 0.305 e. The summed E-state index contributed by atoms with van der Waals surface area (Å²) in [5.41, 5.74) is 0. The second-order valence-electron chi connectivity index (χ2n) is 18.9. The lowest BCUT2D eigenvalue weighted by molar-refractivity contribution is -0.143. The fourth-order valence-corrected chi connectivity index (χ4v) is 8.33. The zero-order chi connectivity index (χ0) is 45.8. The number of amides is 1. The summed E-state index contributed by atoms with van der Waals surface area (Å²) in [5, 5.41) is 23.0. The number of unbranched alkanes of at least 4 members (excludes halogenated alkanes) is 36. The number of rotatable bonds is 51. The van der Waals surface area contributed by atoms with E-state index >= 15 is 0 Å². The monoisotopic (exact) mass is 886 g/mol. The molecule has 0 bridgehead atoms. The van der Waals surface area contributed by atoms with Crippen molar-refractivity contribution < 1.29 is 24.5 Å². The first-order valence-electron chi connectivity index (χ1n) is 27.8. The SMILES string of the molecule is CCCCC/C=C\CCCCCCCC(=O)OCCCCCCCCCCCC/C=C\CCCCCCCCCC(=O)NC(CO)C(O)/C=C/CCCCCCCCCCCCC. The fourth-order valence-electron chi connectivity index (χ4n) is 8.33. The van der Waals surface area contributed by atoms with Gasteiger partial charge in [0.15, 0.2) is 0 Å². The van der Waals surface area contributed by atoms with E-state index in [-0.39, 0.29) is 18.5 Å². The maximum atomic E-state index is 12.4. The minimum Gasteiger partial charge on any atom is -0.466 e. The molecule has 0 aliphatic rings. The van der Waals surface area contributed by atoms with E-state index in [0.717, 1.165) is 51.4 Å². The van der Waals surface area contributed by atoms with Crippen LogP contribution in [0.25, 0.3) is 0 Å². The van der Waals surface area contributed by atoms with Crippen LogP contribution < -0.4 is 5.32 Å². The zero-order valence-corrected chi connectivity index (χ0v) is 42.1. The van der Waals surface area contributed by atoms with E-state index in [9.17, 15) is 19.8 Å². The Hall–Kier alpha value is -1.92. The number of esters is 1. The third kappa shape index (κ3) is 49.4. The van der Waals surface area contributed by atoms with Crippen molar-refractivity contribution in [2.75, 3.05) is 13.2 Å². The largest absolute Gasteiger partial charge is 0.466 e. The quantitative estimate of drug-likeness (QED) is 0.0321. The molecule has 0 spiro atoms. The number of ether oxygens (including phenoxy) is 1. The van der Waals surface area contributed by atoms with Gasteiger partial charge in [0.1, 0.15) is 0 Å². The molecule has 63 heavy (non-hydrogen) atoms. The van der Waals surface area contributed by atoms with Crippen LogP contribution in [0.1, 0.15) is 290 Å². The summed E-state index contributed by atoms with van der Waals surface area (Å²) >= 11 is 0. The lowest BCUT2D eigenvalue weighted by Crippen LogP contribution is -2.45. The third-order valence-electron chi connectivity index (χ3n) is 12.6. The van der Waals surface area contributed by atoms with E-state index in [1.165, 1.54) is 212 Å². The molecule has 1 amide bonds. The standard InChI is InChI=1S/C57H107NO5/c1-3-5-7-9-11-13-15-26-29-33-37-41-45-49-55(60)54(53-59)58-56(61)50-46-42-38-34-30-27-24-22-20-18-17-19-21-23-25-28-32-36-40-44-48-52-63-57(62)51-47-43-39-35-31-16-14-12-10-8-6-4-2/h12,14,18,20,45,49,54-55,59-60H,3-11,13,15-17,19,21-44,46-48,50-53H2,1-2H3,(H,58,61)/b14-12-,20-18-,49-45+. The van der Waals surface area contributed by atoms with E-state index in [0.29, 0.717) is 19.4 Å². The summed E-state index contributed by atoms with van der Waals surface area (Å²) in [6.45, 7) is 4.86. The number of carbonyl (C=O) groups is 2. The molecule has 3 N–H and O–H groups in total. The number of aliphatic hydroxyl groups excluding tert-OH is 2. The third-order valence-corrected chi connectivity index (χ3v) is 12.6. The van der Waals surface area contributed by atoms with E-state index in [1.807, 2.05) is 6.08 Å². The molecule has 2 atom stereocenters. The average Bonchev–Trinajstić information content (AvgIpc) is 3.28. The zero-order valence-electron chi connectivity index (χ0n) is 42.1. The Kier molecular flexibility index (Phi) is 51.1. The topological polar surface area (TPSA) is 95.9 Å². The molecule has 6 nitrogen and oxygen atoms in total. The molecule has 0 heterocycles. The number of nitrogens with one attached hydrogen (secondary N) is 1. The lowest BCUT2D eigenvalue weighted by Gasteiger charge is -2.20. The number of hydrogen-bond acceptors (Lipinski definition) is 5. The van der Waals surface area contributed by atoms with Crippen molar-refractivity contribution in [3.05, 3.63) is 36.5 Å². The van der Waals surface area contributed by atoms with Gasteiger partial charge in [-0.25, -0.2) is 0 Å². The molecule has 0 fully saturated rings. The van der Waals surface area contributed by atoms with Crippen molar-refractivity contribution in [1.82, 2.24) is 5.32 Å². The van der Waals surface area contributed by atoms with Crippen molar-refractivity contribution in [2.45, 2.75) is 302 Å². The molecular weight excluding hydrogens is 779 g/mol. The van der Waals surface area contributed by atoms with Gasteiger partial charge >= 0.3 is 5.97 Å². The van der Waals surface area contributed by atoms with Crippen LogP contribution in [0, 0.1) is 0 Å². The van der Waals surface area contributed by atoms with Gasteiger partial charge in [-0.15, -0.1) is 0 Å². The van der Waals surface area contributed by atoms with Gasteiger partial charge < -0.3 is 20.3 Å².